The number of rotatable bonds is 6. The second kappa shape index (κ2) is 11.4. The smallest absolute Gasteiger partial charge is 0.194 e. The van der Waals surface area contributed by atoms with Gasteiger partial charge in [0.15, 0.2) is 17.5 Å². The van der Waals surface area contributed by atoms with Gasteiger partial charge < -0.3 is 0 Å². The first kappa shape index (κ1) is 20.9. The maximum absolute atomic E-state index is 12.1. The van der Waals surface area contributed by atoms with Gasteiger partial charge in [0.05, 0.1) is 6.67 Å². The molecule has 2 rings (SSSR count). The molecule has 1 saturated carbocycles. The number of benzene rings is 1. The van der Waals surface area contributed by atoms with Gasteiger partial charge in [-0.05, 0) is 18.3 Å². The highest BCUT2D eigenvalue weighted by molar-refractivity contribution is 5.10. The average Bonchev–Trinajstić information content (AvgIpc) is 2.55. The molecule has 0 atom stereocenters. The van der Waals surface area contributed by atoms with Crippen LogP contribution in [0.4, 0.5) is 22.0 Å². The van der Waals surface area contributed by atoms with Crippen molar-refractivity contribution < 1.29 is 22.0 Å². The van der Waals surface area contributed by atoms with Crippen molar-refractivity contribution in [3.8, 4) is 0 Å². The first-order chi connectivity index (χ1) is 11.5. The molecule has 0 unspecified atom stereocenters. The van der Waals surface area contributed by atoms with Crippen LogP contribution in [0, 0.1) is 35.1 Å². The van der Waals surface area contributed by atoms with Gasteiger partial charge in [0.25, 0.3) is 0 Å². The topological polar surface area (TPSA) is 0 Å². The molecule has 0 spiro atoms. The van der Waals surface area contributed by atoms with Crippen LogP contribution in [0.1, 0.15) is 64.7 Å². The van der Waals surface area contributed by atoms with E-state index in [9.17, 15) is 22.0 Å². The number of hydrogen-bond acceptors (Lipinski definition) is 0. The molecule has 1 aromatic carbocycles. The van der Waals surface area contributed by atoms with Crippen molar-refractivity contribution in [3.63, 3.8) is 0 Å². The number of halogens is 5. The van der Waals surface area contributed by atoms with Gasteiger partial charge in [0.2, 0.25) is 0 Å². The molecule has 5 heteroatoms. The Kier molecular flexibility index (Phi) is 9.96. The summed E-state index contributed by atoms with van der Waals surface area (Å²) in [6, 6.07) is 0.552. The normalized spacial score (nSPS) is 20.4. The maximum Gasteiger partial charge on any atom is 0.194 e. The van der Waals surface area contributed by atoms with Crippen LogP contribution in [0.5, 0.6) is 0 Å². The van der Waals surface area contributed by atoms with Crippen LogP contribution in [0.3, 0.4) is 0 Å². The molecule has 0 amide bonds. The van der Waals surface area contributed by atoms with E-state index in [1.807, 2.05) is 0 Å². The lowest BCUT2D eigenvalue weighted by molar-refractivity contribution is 0.235. The van der Waals surface area contributed by atoms with Crippen molar-refractivity contribution in [1.82, 2.24) is 0 Å². The highest BCUT2D eigenvalue weighted by Crippen LogP contribution is 2.33. The largest absolute Gasteiger partial charge is 0.251 e. The lowest BCUT2D eigenvalue weighted by Crippen LogP contribution is -2.15. The summed E-state index contributed by atoms with van der Waals surface area (Å²) in [6.45, 7) is 2.16. The Morgan fingerprint density at radius 3 is 1.79 bits per heavy atom. The summed E-state index contributed by atoms with van der Waals surface area (Å²) in [5.74, 6) is -4.13. The molecule has 1 aliphatic rings. The monoisotopic (exact) mass is 350 g/mol. The Morgan fingerprint density at radius 1 is 0.833 bits per heavy atom. The summed E-state index contributed by atoms with van der Waals surface area (Å²) in [5, 5.41) is 0. The second-order valence-corrected chi connectivity index (χ2v) is 6.54. The van der Waals surface area contributed by atoms with E-state index in [1.165, 1.54) is 51.4 Å². The van der Waals surface area contributed by atoms with E-state index in [4.69, 9.17) is 0 Å². The molecule has 0 radical (unpaired) electrons. The van der Waals surface area contributed by atoms with Gasteiger partial charge >= 0.3 is 0 Å². The number of alkyl halides is 1. The molecule has 0 N–H and O–H groups in total. The van der Waals surface area contributed by atoms with Crippen molar-refractivity contribution in [2.45, 2.75) is 64.7 Å². The van der Waals surface area contributed by atoms with Crippen molar-refractivity contribution in [1.29, 1.82) is 0 Å². The minimum Gasteiger partial charge on any atom is -0.251 e. The summed E-state index contributed by atoms with van der Waals surface area (Å²) < 4.78 is 60.0. The molecule has 0 aliphatic heterocycles. The van der Waals surface area contributed by atoms with Gasteiger partial charge in [-0.3, -0.25) is 4.39 Å². The van der Waals surface area contributed by atoms with Crippen molar-refractivity contribution in [3.05, 3.63) is 35.4 Å². The predicted molar refractivity (Wildman–Crippen MR) is 86.5 cm³/mol. The third kappa shape index (κ3) is 7.63. The molecule has 24 heavy (non-hydrogen) atoms. The molecule has 138 valence electrons. The molecular weight excluding hydrogens is 323 g/mol. The van der Waals surface area contributed by atoms with E-state index in [0.29, 0.717) is 5.92 Å². The van der Waals surface area contributed by atoms with Gasteiger partial charge in [-0.2, -0.15) is 0 Å². The van der Waals surface area contributed by atoms with Crippen molar-refractivity contribution in [2.24, 2.45) is 11.8 Å². The fourth-order valence-electron chi connectivity index (χ4n) is 3.17. The van der Waals surface area contributed by atoms with E-state index in [1.54, 1.807) is 0 Å². The lowest BCUT2D eigenvalue weighted by Gasteiger charge is -2.27. The molecule has 1 aromatic rings. The molecule has 0 saturated heterocycles. The first-order valence-corrected chi connectivity index (χ1v) is 8.83. The minimum absolute atomic E-state index is 0.106. The van der Waals surface area contributed by atoms with E-state index < -0.39 is 23.3 Å². The molecule has 0 nitrogen and oxygen atoms in total. The van der Waals surface area contributed by atoms with E-state index in [-0.39, 0.29) is 18.8 Å². The molecule has 0 bridgehead atoms. The summed E-state index contributed by atoms with van der Waals surface area (Å²) >= 11 is 0. The number of hydrogen-bond donors (Lipinski definition) is 0. The number of unbranched alkanes of at least 4 members (excludes halogenated alkanes) is 2. The van der Waals surface area contributed by atoms with E-state index >= 15 is 0 Å². The van der Waals surface area contributed by atoms with Gasteiger partial charge in [-0.15, -0.1) is 0 Å². The van der Waals surface area contributed by atoms with Crippen LogP contribution in [-0.2, 0) is 0 Å². The Bertz CT molecular complexity index is 444. The first-order valence-electron chi connectivity index (χ1n) is 8.83. The minimum atomic E-state index is -1.65. The molecule has 1 aliphatic carbocycles. The second-order valence-electron chi connectivity index (χ2n) is 6.54. The third-order valence-electron chi connectivity index (χ3n) is 4.65. The summed E-state index contributed by atoms with van der Waals surface area (Å²) in [4.78, 5) is 0. The van der Waals surface area contributed by atoms with Crippen LogP contribution in [0.25, 0.3) is 0 Å². The Hall–Kier alpha value is -1.13. The van der Waals surface area contributed by atoms with Crippen LogP contribution in [-0.4, -0.2) is 6.67 Å². The standard InChI is InChI=1S/C13H25F.C6H2F4/c1-2-3-4-5-12-6-8-13(9-7-12)10-11-14;7-3-1-4(8)6(10)5(9)2-3/h12-13H,2-11H2,1H3;1-2H. The quantitative estimate of drug-likeness (QED) is 0.225. The molecule has 0 aromatic heterocycles. The van der Waals surface area contributed by atoms with Gasteiger partial charge in [-0.25, -0.2) is 17.6 Å². The Labute approximate surface area is 141 Å². The fourth-order valence-corrected chi connectivity index (χ4v) is 3.17. The van der Waals surface area contributed by atoms with E-state index in [0.717, 1.165) is 12.3 Å². The lowest BCUT2D eigenvalue weighted by atomic mass is 9.79. The van der Waals surface area contributed by atoms with Crippen LogP contribution in [0.15, 0.2) is 12.1 Å². The van der Waals surface area contributed by atoms with Gasteiger partial charge in [-0.1, -0.05) is 58.3 Å². The Balaban J connectivity index is 0.000000254. The van der Waals surface area contributed by atoms with Crippen LogP contribution >= 0.6 is 0 Å². The van der Waals surface area contributed by atoms with Crippen molar-refractivity contribution >= 4 is 0 Å². The van der Waals surface area contributed by atoms with Crippen molar-refractivity contribution in [2.75, 3.05) is 6.67 Å². The zero-order chi connectivity index (χ0) is 17.9. The molecular formula is C19H27F5. The van der Waals surface area contributed by atoms with Gasteiger partial charge in [0.1, 0.15) is 5.82 Å². The van der Waals surface area contributed by atoms with E-state index in [2.05, 4.69) is 6.92 Å². The highest BCUT2D eigenvalue weighted by Gasteiger charge is 2.20. The zero-order valence-electron chi connectivity index (χ0n) is 14.3. The average molecular weight is 350 g/mol. The summed E-state index contributed by atoms with van der Waals surface area (Å²) in [6.07, 6.45) is 11.7. The van der Waals surface area contributed by atoms with Gasteiger partial charge in [0, 0.05) is 12.1 Å². The third-order valence-corrected chi connectivity index (χ3v) is 4.65. The predicted octanol–water partition coefficient (Wildman–Crippen LogP) is 6.98. The molecule has 1 fully saturated rings. The highest BCUT2D eigenvalue weighted by atomic mass is 19.2. The summed E-state index contributed by atoms with van der Waals surface area (Å²) in [7, 11) is 0. The SMILES string of the molecule is CCCCCC1CCC(CCF)CC1.Fc1cc(F)c(F)c(F)c1. The fraction of sp³-hybridized carbons (Fsp3) is 0.684. The maximum atomic E-state index is 12.1. The van der Waals surface area contributed by atoms with Crippen LogP contribution in [0.2, 0.25) is 0 Å². The summed E-state index contributed by atoms with van der Waals surface area (Å²) in [5.41, 5.74) is 0. The Morgan fingerprint density at radius 2 is 1.33 bits per heavy atom. The zero-order valence-corrected chi connectivity index (χ0v) is 14.3. The molecule has 0 heterocycles. The van der Waals surface area contributed by atoms with Crippen LogP contribution < -0.4 is 0 Å².